The van der Waals surface area contributed by atoms with Crippen LogP contribution in [0.2, 0.25) is 0 Å². The minimum Gasteiger partial charge on any atom is -0.394 e. The highest BCUT2D eigenvalue weighted by Gasteiger charge is 2.44. The lowest BCUT2D eigenvalue weighted by atomic mass is 9.98. The van der Waals surface area contributed by atoms with E-state index in [9.17, 15) is 40.5 Å². The van der Waals surface area contributed by atoms with Gasteiger partial charge in [0.25, 0.3) is 0 Å². The zero-order chi connectivity index (χ0) is 42.6. The van der Waals surface area contributed by atoms with E-state index >= 15 is 0 Å². The molecule has 0 saturated carbocycles. The third-order valence-corrected chi connectivity index (χ3v) is 12.2. The number of aliphatic hydroxyl groups is 7. The summed E-state index contributed by atoms with van der Waals surface area (Å²) in [4.78, 5) is 13.1. The number of nitrogens with one attached hydrogen (secondary N) is 1. The number of amides is 1. The second-order valence-electron chi connectivity index (χ2n) is 17.5. The average molecular weight is 832 g/mol. The van der Waals surface area contributed by atoms with Crippen LogP contribution in [0, 0.1) is 0 Å². The Bertz CT molecular complexity index is 913. The molecule has 346 valence electrons. The Morgan fingerprint density at radius 3 is 1.28 bits per heavy atom. The van der Waals surface area contributed by atoms with Crippen molar-refractivity contribution in [3.8, 4) is 0 Å². The molecule has 0 spiro atoms. The molecule has 0 bridgehead atoms. The summed E-state index contributed by atoms with van der Waals surface area (Å²) in [6.45, 7) is 3.46. The SMILES string of the molecule is CCCCCCCCCCCCCCCCCCC(O)C(=O)NC(COC1OC(CO)C(O)C(O)C1O)C(O)C(O)CCCCCCCCCCCCCCCCC. The van der Waals surface area contributed by atoms with E-state index in [0.717, 1.165) is 38.5 Å². The molecule has 9 atom stereocenters. The van der Waals surface area contributed by atoms with Gasteiger partial charge in [-0.15, -0.1) is 0 Å². The third kappa shape index (κ3) is 27.1. The number of hydrogen-bond donors (Lipinski definition) is 8. The molecule has 0 aliphatic carbocycles. The van der Waals surface area contributed by atoms with Crippen molar-refractivity contribution in [1.82, 2.24) is 5.32 Å². The van der Waals surface area contributed by atoms with Gasteiger partial charge in [-0.2, -0.15) is 0 Å². The summed E-state index contributed by atoms with van der Waals surface area (Å²) in [5.41, 5.74) is 0. The van der Waals surface area contributed by atoms with Crippen molar-refractivity contribution < 1.29 is 50.0 Å². The van der Waals surface area contributed by atoms with Gasteiger partial charge in [0.2, 0.25) is 5.91 Å². The van der Waals surface area contributed by atoms with Crippen molar-refractivity contribution in [3.63, 3.8) is 0 Å². The highest BCUT2D eigenvalue weighted by molar-refractivity contribution is 5.80. The van der Waals surface area contributed by atoms with Crippen LogP contribution in [-0.4, -0.2) is 110 Å². The molecule has 1 amide bonds. The zero-order valence-electron chi connectivity index (χ0n) is 37.3. The number of aliphatic hydroxyl groups excluding tert-OH is 7. The fourth-order valence-electron chi connectivity index (χ4n) is 8.09. The average Bonchev–Trinajstić information content (AvgIpc) is 3.22. The number of unbranched alkanes of at least 4 members (excludes halogenated alkanes) is 29. The Hall–Kier alpha value is -0.890. The first-order valence-corrected chi connectivity index (χ1v) is 24.4. The predicted octanol–water partition coefficient (Wildman–Crippen LogP) is 8.28. The van der Waals surface area contributed by atoms with E-state index in [1.54, 1.807) is 0 Å². The summed E-state index contributed by atoms with van der Waals surface area (Å²) < 4.78 is 11.1. The Balaban J connectivity index is 2.42. The summed E-state index contributed by atoms with van der Waals surface area (Å²) in [6.07, 6.45) is 27.1. The van der Waals surface area contributed by atoms with Gasteiger partial charge < -0.3 is 50.5 Å². The predicted molar refractivity (Wildman–Crippen MR) is 233 cm³/mol. The highest BCUT2D eigenvalue weighted by atomic mass is 16.7. The molecule has 0 aromatic carbocycles. The van der Waals surface area contributed by atoms with Gasteiger partial charge in [-0.25, -0.2) is 0 Å². The molecule has 0 aromatic rings. The topological polar surface area (TPSA) is 189 Å². The summed E-state index contributed by atoms with van der Waals surface area (Å²) in [5.74, 6) is -0.693. The molecule has 1 aliphatic heterocycles. The van der Waals surface area contributed by atoms with Crippen LogP contribution in [0.5, 0.6) is 0 Å². The molecule has 58 heavy (non-hydrogen) atoms. The van der Waals surface area contributed by atoms with E-state index in [1.165, 1.54) is 148 Å². The van der Waals surface area contributed by atoms with E-state index in [1.807, 2.05) is 0 Å². The van der Waals surface area contributed by atoms with Gasteiger partial charge in [-0.1, -0.05) is 213 Å². The number of rotatable bonds is 41. The van der Waals surface area contributed by atoms with Crippen LogP contribution in [0.3, 0.4) is 0 Å². The molecule has 1 rings (SSSR count). The first-order valence-electron chi connectivity index (χ1n) is 24.4. The number of carbonyl (C=O) groups is 1. The van der Waals surface area contributed by atoms with E-state index in [2.05, 4.69) is 19.2 Å². The van der Waals surface area contributed by atoms with E-state index < -0.39 is 74.2 Å². The van der Waals surface area contributed by atoms with Crippen LogP contribution >= 0.6 is 0 Å². The normalized spacial score (nSPS) is 21.8. The Morgan fingerprint density at radius 1 is 0.534 bits per heavy atom. The van der Waals surface area contributed by atoms with Crippen LogP contribution in [0.15, 0.2) is 0 Å². The van der Waals surface area contributed by atoms with Crippen molar-refractivity contribution in [2.45, 2.75) is 281 Å². The van der Waals surface area contributed by atoms with E-state index in [4.69, 9.17) is 9.47 Å². The lowest BCUT2D eigenvalue weighted by molar-refractivity contribution is -0.303. The molecule has 1 heterocycles. The highest BCUT2D eigenvalue weighted by Crippen LogP contribution is 2.23. The minimum atomic E-state index is -1.66. The molecule has 11 nitrogen and oxygen atoms in total. The molecular formula is C47H93NO10. The van der Waals surface area contributed by atoms with Gasteiger partial charge in [0, 0.05) is 0 Å². The maximum atomic E-state index is 13.1. The standard InChI is InChI=1S/C47H93NO10/c1-3-5-7-9-11-13-15-17-19-21-23-25-27-29-31-33-35-40(51)46(56)48-38(37-57-47-45(55)44(54)43(53)41(36-49)58-47)42(52)39(50)34-32-30-28-26-24-22-20-18-16-14-12-10-8-6-4-2/h38-45,47,49-55H,3-37H2,1-2H3,(H,48,56). The fraction of sp³-hybridized carbons (Fsp3) is 0.979. The molecule has 1 aliphatic rings. The molecule has 0 radical (unpaired) electrons. The summed E-state index contributed by atoms with van der Waals surface area (Å²) >= 11 is 0. The third-order valence-electron chi connectivity index (χ3n) is 12.2. The molecule has 1 saturated heterocycles. The van der Waals surface area contributed by atoms with E-state index in [0.29, 0.717) is 19.3 Å². The molecule has 8 N–H and O–H groups in total. The zero-order valence-corrected chi connectivity index (χ0v) is 37.3. The van der Waals surface area contributed by atoms with Gasteiger partial charge in [-0.05, 0) is 12.8 Å². The second-order valence-corrected chi connectivity index (χ2v) is 17.5. The van der Waals surface area contributed by atoms with Crippen molar-refractivity contribution in [1.29, 1.82) is 0 Å². The van der Waals surface area contributed by atoms with Crippen LogP contribution < -0.4 is 5.32 Å². The maximum absolute atomic E-state index is 13.1. The number of hydrogen-bond acceptors (Lipinski definition) is 10. The van der Waals surface area contributed by atoms with Gasteiger partial charge in [0.15, 0.2) is 6.29 Å². The first kappa shape index (κ1) is 55.1. The largest absolute Gasteiger partial charge is 0.394 e. The van der Waals surface area contributed by atoms with Crippen molar-refractivity contribution in [3.05, 3.63) is 0 Å². The summed E-state index contributed by atoms with van der Waals surface area (Å²) in [5, 5.41) is 75.8. The molecule has 11 heteroatoms. The van der Waals surface area contributed by atoms with Gasteiger partial charge in [-0.3, -0.25) is 4.79 Å². The Kier molecular flexibility index (Phi) is 36.0. The van der Waals surface area contributed by atoms with Crippen molar-refractivity contribution in [2.75, 3.05) is 13.2 Å². The number of ether oxygens (including phenoxy) is 2. The smallest absolute Gasteiger partial charge is 0.249 e. The fourth-order valence-corrected chi connectivity index (χ4v) is 8.09. The molecular weight excluding hydrogens is 739 g/mol. The maximum Gasteiger partial charge on any atom is 0.249 e. The van der Waals surface area contributed by atoms with Crippen molar-refractivity contribution in [2.24, 2.45) is 0 Å². The lowest BCUT2D eigenvalue weighted by Gasteiger charge is -2.40. The monoisotopic (exact) mass is 832 g/mol. The van der Waals surface area contributed by atoms with Crippen molar-refractivity contribution >= 4 is 5.91 Å². The van der Waals surface area contributed by atoms with Crippen LogP contribution in [0.25, 0.3) is 0 Å². The quantitative estimate of drug-likeness (QED) is 0.0279. The van der Waals surface area contributed by atoms with Crippen LogP contribution in [-0.2, 0) is 14.3 Å². The Labute approximate surface area is 354 Å². The molecule has 1 fully saturated rings. The minimum absolute atomic E-state index is 0.266. The van der Waals surface area contributed by atoms with E-state index in [-0.39, 0.29) is 6.42 Å². The first-order chi connectivity index (χ1) is 28.2. The van der Waals surface area contributed by atoms with Crippen LogP contribution in [0.4, 0.5) is 0 Å². The molecule has 9 unspecified atom stereocenters. The van der Waals surface area contributed by atoms with Gasteiger partial charge >= 0.3 is 0 Å². The number of carbonyl (C=O) groups excluding carboxylic acids is 1. The molecule has 0 aromatic heterocycles. The lowest BCUT2D eigenvalue weighted by Crippen LogP contribution is -2.60. The Morgan fingerprint density at radius 2 is 0.897 bits per heavy atom. The second kappa shape index (κ2) is 37.8. The van der Waals surface area contributed by atoms with Gasteiger partial charge in [0.1, 0.15) is 36.6 Å². The summed E-state index contributed by atoms with van der Waals surface area (Å²) in [7, 11) is 0. The van der Waals surface area contributed by atoms with Gasteiger partial charge in [0.05, 0.1) is 25.4 Å². The summed E-state index contributed by atoms with van der Waals surface area (Å²) in [6, 6.07) is -1.16. The van der Waals surface area contributed by atoms with Crippen LogP contribution in [0.1, 0.15) is 226 Å².